The summed E-state index contributed by atoms with van der Waals surface area (Å²) in [5.41, 5.74) is 5.12. The zero-order chi connectivity index (χ0) is 24.8. The number of methoxy groups -OCH3 is 1. The second-order valence-electron chi connectivity index (χ2n) is 10.5. The molecule has 1 fully saturated rings. The van der Waals surface area contributed by atoms with Crippen molar-refractivity contribution in [3.8, 4) is 5.75 Å². The molecule has 5 rings (SSSR count). The summed E-state index contributed by atoms with van der Waals surface area (Å²) in [6.45, 7) is 2.41. The average molecular weight is 496 g/mol. The number of benzene rings is 1. The van der Waals surface area contributed by atoms with Crippen LogP contribution in [0.5, 0.6) is 5.75 Å². The molecule has 35 heavy (non-hydrogen) atoms. The summed E-state index contributed by atoms with van der Waals surface area (Å²) in [5.74, 6) is 1.29. The van der Waals surface area contributed by atoms with Gasteiger partial charge in [-0.05, 0) is 102 Å². The van der Waals surface area contributed by atoms with Crippen molar-refractivity contribution in [2.24, 2.45) is 17.3 Å². The highest BCUT2D eigenvalue weighted by molar-refractivity contribution is 7.91. The number of fused-ring (bicyclic) bond motifs is 5. The molecule has 0 spiro atoms. The minimum Gasteiger partial charge on any atom is -0.495 e. The number of allylic oxidation sites excluding steroid dienone is 2. The van der Waals surface area contributed by atoms with E-state index >= 15 is 0 Å². The zero-order valence-corrected chi connectivity index (χ0v) is 21.2. The van der Waals surface area contributed by atoms with Crippen molar-refractivity contribution in [3.05, 3.63) is 59.4 Å². The van der Waals surface area contributed by atoms with Crippen molar-refractivity contribution >= 4 is 21.4 Å². The summed E-state index contributed by atoms with van der Waals surface area (Å²) in [6, 6.07) is 7.72. The summed E-state index contributed by atoms with van der Waals surface area (Å²) in [6.07, 6.45) is 11.3. The van der Waals surface area contributed by atoms with E-state index in [2.05, 4.69) is 24.1 Å². The first-order valence-electron chi connectivity index (χ1n) is 12.5. The van der Waals surface area contributed by atoms with Crippen LogP contribution in [0.3, 0.4) is 0 Å². The average Bonchev–Trinajstić information content (AvgIpc) is 3.20. The molecule has 0 bridgehead atoms. The number of hydrogen-bond acceptors (Lipinski definition) is 5. The smallest absolute Gasteiger partial charge is 0.303 e. The number of pyridine rings is 1. The van der Waals surface area contributed by atoms with Gasteiger partial charge in [0.05, 0.1) is 24.0 Å². The normalized spacial score (nSPS) is 27.4. The molecule has 1 aromatic carbocycles. The van der Waals surface area contributed by atoms with E-state index in [9.17, 15) is 13.2 Å². The SMILES string of the molecule is COc1cncc(C2=CCC3C4CCc5cc(S(=O)(=O)CCCC(=O)O)ccc5C4CC[C@]23C)c1. The molecule has 0 amide bonds. The lowest BCUT2D eigenvalue weighted by Crippen LogP contribution is -2.41. The number of carboxylic acids is 1. The summed E-state index contributed by atoms with van der Waals surface area (Å²) in [5, 5.41) is 8.83. The van der Waals surface area contributed by atoms with Crippen LogP contribution in [0.4, 0.5) is 0 Å². The van der Waals surface area contributed by atoms with E-state index in [0.29, 0.717) is 22.6 Å². The quantitative estimate of drug-likeness (QED) is 0.562. The number of aliphatic carboxylic acids is 1. The Kier molecular flexibility index (Phi) is 6.24. The Morgan fingerprint density at radius 2 is 2.06 bits per heavy atom. The molecule has 1 aromatic heterocycles. The van der Waals surface area contributed by atoms with E-state index in [1.807, 2.05) is 18.3 Å². The molecule has 3 aliphatic rings. The number of ether oxygens (including phenoxy) is 1. The molecule has 186 valence electrons. The Labute approximate surface area is 207 Å². The first-order valence-corrected chi connectivity index (χ1v) is 14.2. The van der Waals surface area contributed by atoms with Crippen molar-refractivity contribution in [3.63, 3.8) is 0 Å². The van der Waals surface area contributed by atoms with Crippen LogP contribution < -0.4 is 4.74 Å². The molecule has 1 heterocycles. The lowest BCUT2D eigenvalue weighted by atomic mass is 9.54. The predicted molar refractivity (Wildman–Crippen MR) is 134 cm³/mol. The van der Waals surface area contributed by atoms with Crippen molar-refractivity contribution in [2.45, 2.75) is 62.7 Å². The zero-order valence-electron chi connectivity index (χ0n) is 20.4. The Balaban J connectivity index is 1.37. The van der Waals surface area contributed by atoms with E-state index in [0.717, 1.165) is 49.0 Å². The van der Waals surface area contributed by atoms with Crippen LogP contribution in [0, 0.1) is 17.3 Å². The van der Waals surface area contributed by atoms with Crippen LogP contribution in [0.15, 0.2) is 47.6 Å². The maximum absolute atomic E-state index is 12.8. The number of carbonyl (C=O) groups is 1. The number of carboxylic acid groups (broad SMARTS) is 1. The summed E-state index contributed by atoms with van der Waals surface area (Å²) in [7, 11) is -1.80. The fourth-order valence-electron chi connectivity index (χ4n) is 6.98. The van der Waals surface area contributed by atoms with E-state index < -0.39 is 15.8 Å². The van der Waals surface area contributed by atoms with Crippen LogP contribution in [0.1, 0.15) is 68.1 Å². The molecule has 6 nitrogen and oxygen atoms in total. The molecule has 1 saturated carbocycles. The van der Waals surface area contributed by atoms with Gasteiger partial charge in [0.1, 0.15) is 5.75 Å². The van der Waals surface area contributed by atoms with Gasteiger partial charge in [-0.15, -0.1) is 0 Å². The molecular formula is C28H33NO5S. The molecular weight excluding hydrogens is 462 g/mol. The van der Waals surface area contributed by atoms with Gasteiger partial charge in [0.25, 0.3) is 0 Å². The van der Waals surface area contributed by atoms with Gasteiger partial charge in [-0.2, -0.15) is 0 Å². The van der Waals surface area contributed by atoms with Gasteiger partial charge in [-0.3, -0.25) is 9.78 Å². The van der Waals surface area contributed by atoms with Gasteiger partial charge >= 0.3 is 5.97 Å². The van der Waals surface area contributed by atoms with Crippen molar-refractivity contribution in [1.29, 1.82) is 0 Å². The number of nitrogens with zero attached hydrogens (tertiary/aromatic N) is 1. The van der Waals surface area contributed by atoms with Gasteiger partial charge in [0.2, 0.25) is 0 Å². The van der Waals surface area contributed by atoms with Crippen molar-refractivity contribution in [1.82, 2.24) is 4.98 Å². The number of aryl methyl sites for hydroxylation is 1. The highest BCUT2D eigenvalue weighted by atomic mass is 32.2. The number of sulfone groups is 1. The Hall–Kier alpha value is -2.67. The third-order valence-electron chi connectivity index (χ3n) is 8.70. The van der Waals surface area contributed by atoms with Crippen LogP contribution in [0.25, 0.3) is 5.57 Å². The molecule has 4 atom stereocenters. The molecule has 3 aliphatic carbocycles. The first-order chi connectivity index (χ1) is 16.7. The molecule has 0 aliphatic heterocycles. The third-order valence-corrected chi connectivity index (χ3v) is 10.5. The van der Waals surface area contributed by atoms with Gasteiger partial charge in [0.15, 0.2) is 9.84 Å². The lowest BCUT2D eigenvalue weighted by Gasteiger charge is -2.50. The largest absolute Gasteiger partial charge is 0.495 e. The Morgan fingerprint density at radius 1 is 1.23 bits per heavy atom. The van der Waals surface area contributed by atoms with Crippen molar-refractivity contribution in [2.75, 3.05) is 12.9 Å². The fourth-order valence-corrected chi connectivity index (χ4v) is 8.33. The predicted octanol–water partition coefficient (Wildman–Crippen LogP) is 5.28. The second kappa shape index (κ2) is 9.08. The van der Waals surface area contributed by atoms with Crippen LogP contribution >= 0.6 is 0 Å². The first kappa shape index (κ1) is 24.0. The third kappa shape index (κ3) is 4.28. The Morgan fingerprint density at radius 3 is 2.83 bits per heavy atom. The van der Waals surface area contributed by atoms with Gasteiger partial charge in [-0.1, -0.05) is 19.1 Å². The van der Waals surface area contributed by atoms with E-state index in [4.69, 9.17) is 9.84 Å². The maximum Gasteiger partial charge on any atom is 0.303 e. The van der Waals surface area contributed by atoms with Crippen LogP contribution in [-0.2, 0) is 21.1 Å². The van der Waals surface area contributed by atoms with E-state index in [1.54, 1.807) is 19.4 Å². The van der Waals surface area contributed by atoms with E-state index in [1.165, 1.54) is 11.1 Å². The molecule has 3 unspecified atom stereocenters. The molecule has 7 heteroatoms. The highest BCUT2D eigenvalue weighted by Crippen LogP contribution is 2.63. The minimum absolute atomic E-state index is 0.111. The molecule has 1 N–H and O–H groups in total. The van der Waals surface area contributed by atoms with E-state index in [-0.39, 0.29) is 24.0 Å². The topological polar surface area (TPSA) is 93.6 Å². The minimum atomic E-state index is -3.47. The number of hydrogen-bond donors (Lipinski definition) is 1. The second-order valence-corrected chi connectivity index (χ2v) is 12.6. The lowest BCUT2D eigenvalue weighted by molar-refractivity contribution is -0.137. The van der Waals surface area contributed by atoms with Gasteiger partial charge < -0.3 is 9.84 Å². The molecule has 0 saturated heterocycles. The maximum atomic E-state index is 12.8. The monoisotopic (exact) mass is 495 g/mol. The summed E-state index contributed by atoms with van der Waals surface area (Å²) in [4.78, 5) is 15.5. The highest BCUT2D eigenvalue weighted by Gasteiger charge is 2.52. The Bertz CT molecular complexity index is 1280. The van der Waals surface area contributed by atoms with Crippen LogP contribution in [0.2, 0.25) is 0 Å². The van der Waals surface area contributed by atoms with Gasteiger partial charge in [-0.25, -0.2) is 8.42 Å². The molecule has 2 aromatic rings. The summed E-state index contributed by atoms with van der Waals surface area (Å²) < 4.78 is 31.0. The summed E-state index contributed by atoms with van der Waals surface area (Å²) >= 11 is 0. The van der Waals surface area contributed by atoms with Crippen molar-refractivity contribution < 1.29 is 23.1 Å². The fraction of sp³-hybridized carbons (Fsp3) is 0.500. The standard InChI is InChI=1S/C28H33NO5S/c1-28-12-11-23-22-8-6-21(35(32,33)13-3-4-27(30)31)15-18(22)5-7-24(23)26(28)10-9-25(28)19-14-20(34-2)17-29-16-19/h6,8-9,14-17,23-24,26H,3-5,7,10-13H2,1-2H3,(H,30,31)/t23?,24?,26?,28-/m1/s1. The number of aromatic nitrogens is 1. The van der Waals surface area contributed by atoms with Crippen LogP contribution in [-0.4, -0.2) is 37.3 Å². The van der Waals surface area contributed by atoms with Gasteiger partial charge in [0, 0.05) is 12.6 Å². The molecule has 0 radical (unpaired) electrons. The number of rotatable bonds is 7.